The van der Waals surface area contributed by atoms with Crippen LogP contribution in [0.25, 0.3) is 0 Å². The van der Waals surface area contributed by atoms with Crippen LogP contribution >= 0.6 is 34.2 Å². The molecule has 0 spiro atoms. The minimum absolute atomic E-state index is 0.0130. The molecule has 1 N–H and O–H groups in total. The Morgan fingerprint density at radius 3 is 2.07 bits per heavy atom. The fraction of sp³-hybridized carbons (Fsp3) is 0.188. The van der Waals surface area contributed by atoms with E-state index in [2.05, 4.69) is 27.9 Å². The molecular weight excluding hydrogens is 685 g/mol. The van der Waals surface area contributed by atoms with Crippen LogP contribution in [0.3, 0.4) is 0 Å². The Kier molecular flexibility index (Phi) is 11.0. The lowest BCUT2D eigenvalue weighted by molar-refractivity contribution is -0.140. The molecule has 0 aliphatic heterocycles. The molecule has 0 aliphatic carbocycles. The summed E-state index contributed by atoms with van der Waals surface area (Å²) < 4.78 is 29.9. The van der Waals surface area contributed by atoms with Crippen LogP contribution in [0, 0.1) is 3.57 Å². The lowest BCUT2D eigenvalue weighted by atomic mass is 10.0. The fourth-order valence-electron chi connectivity index (χ4n) is 4.51. The summed E-state index contributed by atoms with van der Waals surface area (Å²) in [5.41, 5.74) is 1.83. The second-order valence-corrected chi connectivity index (χ2v) is 13.0. The molecule has 1 atom stereocenters. The van der Waals surface area contributed by atoms with Gasteiger partial charge in [-0.15, -0.1) is 0 Å². The molecule has 10 heteroatoms. The maximum Gasteiger partial charge on any atom is 0.264 e. The Labute approximate surface area is 265 Å². The lowest BCUT2D eigenvalue weighted by Gasteiger charge is -2.34. The number of nitrogens with one attached hydrogen (secondary N) is 1. The van der Waals surface area contributed by atoms with Crippen LogP contribution in [0.1, 0.15) is 18.1 Å². The van der Waals surface area contributed by atoms with E-state index in [1.165, 1.54) is 17.0 Å². The van der Waals surface area contributed by atoms with Crippen molar-refractivity contribution in [3.63, 3.8) is 0 Å². The minimum atomic E-state index is -4.13. The van der Waals surface area contributed by atoms with E-state index in [1.54, 1.807) is 66.7 Å². The monoisotopic (exact) mass is 715 g/mol. The number of carbonyl (C=O) groups excluding carboxylic acids is 2. The number of hydrogen-bond donors (Lipinski definition) is 1. The van der Waals surface area contributed by atoms with Gasteiger partial charge in [-0.1, -0.05) is 78.3 Å². The van der Waals surface area contributed by atoms with Crippen LogP contribution in [0.2, 0.25) is 5.02 Å². The van der Waals surface area contributed by atoms with E-state index in [-0.39, 0.29) is 23.8 Å². The van der Waals surface area contributed by atoms with E-state index >= 15 is 0 Å². The number of anilines is 1. The number of rotatable bonds is 12. The van der Waals surface area contributed by atoms with Crippen LogP contribution in [0.4, 0.5) is 5.69 Å². The van der Waals surface area contributed by atoms with Crippen molar-refractivity contribution in [2.24, 2.45) is 0 Å². The van der Waals surface area contributed by atoms with Gasteiger partial charge >= 0.3 is 0 Å². The zero-order valence-electron chi connectivity index (χ0n) is 23.0. The summed E-state index contributed by atoms with van der Waals surface area (Å²) in [4.78, 5) is 29.3. The lowest BCUT2D eigenvalue weighted by Crippen LogP contribution is -2.53. The first-order chi connectivity index (χ1) is 20.2. The molecule has 4 aromatic rings. The minimum Gasteiger partial charge on any atom is -0.355 e. The molecule has 218 valence electrons. The average molecular weight is 716 g/mol. The van der Waals surface area contributed by atoms with Gasteiger partial charge in [0, 0.05) is 28.1 Å². The highest BCUT2D eigenvalue weighted by Gasteiger charge is 2.34. The first kappa shape index (κ1) is 31.5. The van der Waals surface area contributed by atoms with E-state index in [0.29, 0.717) is 22.8 Å². The zero-order valence-corrected chi connectivity index (χ0v) is 26.7. The third-order valence-corrected chi connectivity index (χ3v) is 9.52. The van der Waals surface area contributed by atoms with Crippen molar-refractivity contribution in [2.45, 2.75) is 30.8 Å². The van der Waals surface area contributed by atoms with Gasteiger partial charge < -0.3 is 10.2 Å². The van der Waals surface area contributed by atoms with Crippen LogP contribution in [-0.2, 0) is 32.6 Å². The largest absolute Gasteiger partial charge is 0.355 e. The molecule has 0 unspecified atom stereocenters. The number of carbonyl (C=O) groups is 2. The van der Waals surface area contributed by atoms with Gasteiger partial charge in [0.2, 0.25) is 11.8 Å². The third-order valence-electron chi connectivity index (χ3n) is 6.65. The van der Waals surface area contributed by atoms with E-state index in [1.807, 2.05) is 37.3 Å². The second-order valence-electron chi connectivity index (χ2n) is 9.51. The van der Waals surface area contributed by atoms with E-state index in [9.17, 15) is 18.0 Å². The molecule has 0 saturated carbocycles. The van der Waals surface area contributed by atoms with Crippen LogP contribution in [0.5, 0.6) is 0 Å². The van der Waals surface area contributed by atoms with Gasteiger partial charge in [-0.2, -0.15) is 0 Å². The van der Waals surface area contributed by atoms with Crippen molar-refractivity contribution in [3.8, 4) is 0 Å². The molecule has 42 heavy (non-hydrogen) atoms. The van der Waals surface area contributed by atoms with Crippen LogP contribution in [0.15, 0.2) is 114 Å². The quantitative estimate of drug-likeness (QED) is 0.185. The standard InChI is InChI=1S/C32H31ClIN3O4S/c1-2-35-32(39)30(21-24-11-5-3-6-12-24)36(22-25-13-9-10-16-29(25)33)31(38)23-37(27-19-17-26(34)18-20-27)42(40,41)28-14-7-4-8-15-28/h3-20,30H,2,21-23H2,1H3,(H,35,39)/t30-/m0/s1. The zero-order chi connectivity index (χ0) is 30.1. The molecule has 0 bridgehead atoms. The number of nitrogens with zero attached hydrogens (tertiary/aromatic N) is 2. The average Bonchev–Trinajstić information content (AvgIpc) is 3.00. The smallest absolute Gasteiger partial charge is 0.264 e. The predicted molar refractivity (Wildman–Crippen MR) is 175 cm³/mol. The van der Waals surface area contributed by atoms with Crippen molar-refractivity contribution in [1.29, 1.82) is 0 Å². The molecule has 0 heterocycles. The summed E-state index contributed by atoms with van der Waals surface area (Å²) in [6.07, 6.45) is 0.234. The molecule has 7 nitrogen and oxygen atoms in total. The summed E-state index contributed by atoms with van der Waals surface area (Å²) in [5.74, 6) is -0.881. The van der Waals surface area contributed by atoms with Gasteiger partial charge in [0.15, 0.2) is 0 Å². The molecule has 0 fully saturated rings. The Hall–Kier alpha value is -3.41. The predicted octanol–water partition coefficient (Wildman–Crippen LogP) is 5.92. The van der Waals surface area contributed by atoms with Crippen molar-refractivity contribution < 1.29 is 18.0 Å². The first-order valence-corrected chi connectivity index (χ1v) is 16.3. The molecular formula is C32H31ClIN3O4S. The van der Waals surface area contributed by atoms with Crippen molar-refractivity contribution in [3.05, 3.63) is 129 Å². The number of sulfonamides is 1. The van der Waals surface area contributed by atoms with Crippen LogP contribution in [-0.4, -0.2) is 44.3 Å². The fourth-order valence-corrected chi connectivity index (χ4v) is 6.50. The molecule has 4 rings (SSSR count). The molecule has 0 aromatic heterocycles. The molecule has 4 aromatic carbocycles. The summed E-state index contributed by atoms with van der Waals surface area (Å²) in [6.45, 7) is 1.67. The SMILES string of the molecule is CCNC(=O)[C@H](Cc1ccccc1)N(Cc1ccccc1Cl)C(=O)CN(c1ccc(I)cc1)S(=O)(=O)c1ccccc1. The maximum absolute atomic E-state index is 14.3. The summed E-state index contributed by atoms with van der Waals surface area (Å²) in [7, 11) is -4.13. The highest BCUT2D eigenvalue weighted by atomic mass is 127. The highest BCUT2D eigenvalue weighted by Crippen LogP contribution is 2.26. The molecule has 0 saturated heterocycles. The summed E-state index contributed by atoms with van der Waals surface area (Å²) >= 11 is 8.64. The Morgan fingerprint density at radius 1 is 0.857 bits per heavy atom. The van der Waals surface area contributed by atoms with Gasteiger partial charge in [0.25, 0.3) is 10.0 Å². The highest BCUT2D eigenvalue weighted by molar-refractivity contribution is 14.1. The number of benzene rings is 4. The Morgan fingerprint density at radius 2 is 1.45 bits per heavy atom. The number of likely N-dealkylation sites (N-methyl/N-ethyl adjacent to an activating group) is 1. The maximum atomic E-state index is 14.3. The normalized spacial score (nSPS) is 11.9. The molecule has 0 aliphatic rings. The van der Waals surface area contributed by atoms with Crippen molar-refractivity contribution in [1.82, 2.24) is 10.2 Å². The summed E-state index contributed by atoms with van der Waals surface area (Å²) in [5, 5.41) is 3.29. The molecule has 2 amide bonds. The Bertz CT molecular complexity index is 1600. The first-order valence-electron chi connectivity index (χ1n) is 13.4. The van der Waals surface area contributed by atoms with E-state index < -0.39 is 28.5 Å². The van der Waals surface area contributed by atoms with Gasteiger partial charge in [0.05, 0.1) is 10.6 Å². The van der Waals surface area contributed by atoms with Gasteiger partial charge in [-0.3, -0.25) is 13.9 Å². The topological polar surface area (TPSA) is 86.8 Å². The van der Waals surface area contributed by atoms with Crippen LogP contribution < -0.4 is 9.62 Å². The van der Waals surface area contributed by atoms with E-state index in [4.69, 9.17) is 11.6 Å². The van der Waals surface area contributed by atoms with Gasteiger partial charge in [-0.25, -0.2) is 8.42 Å². The number of amides is 2. The van der Waals surface area contributed by atoms with Crippen molar-refractivity contribution in [2.75, 3.05) is 17.4 Å². The molecule has 0 radical (unpaired) electrons. The third kappa shape index (κ3) is 7.90. The number of hydrogen-bond acceptors (Lipinski definition) is 4. The van der Waals surface area contributed by atoms with Gasteiger partial charge in [0.1, 0.15) is 12.6 Å². The van der Waals surface area contributed by atoms with Crippen molar-refractivity contribution >= 4 is 61.7 Å². The number of halogens is 2. The van der Waals surface area contributed by atoms with E-state index in [0.717, 1.165) is 13.4 Å². The van der Waals surface area contributed by atoms with Gasteiger partial charge in [-0.05, 0) is 83.1 Å². The second kappa shape index (κ2) is 14.7. The Balaban J connectivity index is 1.79. The summed E-state index contributed by atoms with van der Waals surface area (Å²) in [6, 6.07) is 30.5.